The summed E-state index contributed by atoms with van der Waals surface area (Å²) in [6, 6.07) is 3.96. The van der Waals surface area contributed by atoms with Crippen LogP contribution in [-0.2, 0) is 12.7 Å². The maximum absolute atomic E-state index is 12.7. The molecule has 110 valence electrons. The van der Waals surface area contributed by atoms with E-state index >= 15 is 0 Å². The van der Waals surface area contributed by atoms with Crippen LogP contribution >= 0.6 is 0 Å². The molecule has 5 heteroatoms. The van der Waals surface area contributed by atoms with Crippen molar-refractivity contribution in [1.29, 1.82) is 0 Å². The van der Waals surface area contributed by atoms with Gasteiger partial charge in [-0.1, -0.05) is 6.42 Å². The van der Waals surface area contributed by atoms with Crippen molar-refractivity contribution in [3.05, 3.63) is 29.3 Å². The van der Waals surface area contributed by atoms with Gasteiger partial charge in [0.2, 0.25) is 0 Å². The largest absolute Gasteiger partial charge is 0.416 e. The van der Waals surface area contributed by atoms with Crippen molar-refractivity contribution < 1.29 is 13.2 Å². The summed E-state index contributed by atoms with van der Waals surface area (Å²) in [6.45, 7) is 2.07. The van der Waals surface area contributed by atoms with Gasteiger partial charge in [-0.3, -0.25) is 0 Å². The van der Waals surface area contributed by atoms with E-state index < -0.39 is 11.7 Å². The van der Waals surface area contributed by atoms with Gasteiger partial charge in [-0.2, -0.15) is 13.2 Å². The third-order valence-corrected chi connectivity index (χ3v) is 4.69. The van der Waals surface area contributed by atoms with Crippen molar-refractivity contribution in [3.8, 4) is 0 Å². The van der Waals surface area contributed by atoms with Crippen LogP contribution in [0.1, 0.15) is 30.4 Å². The van der Waals surface area contributed by atoms with Crippen LogP contribution in [0.2, 0.25) is 0 Å². The van der Waals surface area contributed by atoms with Crippen LogP contribution in [0.25, 0.3) is 0 Å². The second-order valence-electron chi connectivity index (χ2n) is 5.90. The van der Waals surface area contributed by atoms with Crippen molar-refractivity contribution in [2.45, 2.75) is 32.0 Å². The molecule has 2 atom stereocenters. The standard InChI is InChI=1S/C15H19F3N2/c16-15(17,18)13-4-5-14(12(6-13)7-19)20-8-10-2-1-3-11(10)9-20/h4-6,10-11H,1-3,7-9,19H2. The first-order chi connectivity index (χ1) is 9.49. The lowest BCUT2D eigenvalue weighted by molar-refractivity contribution is -0.137. The molecule has 1 aromatic rings. The van der Waals surface area contributed by atoms with Crippen molar-refractivity contribution in [1.82, 2.24) is 0 Å². The molecule has 1 saturated carbocycles. The topological polar surface area (TPSA) is 29.3 Å². The Balaban J connectivity index is 1.87. The fraction of sp³-hybridized carbons (Fsp3) is 0.600. The molecule has 2 aliphatic rings. The van der Waals surface area contributed by atoms with Crippen LogP contribution in [-0.4, -0.2) is 13.1 Å². The second kappa shape index (κ2) is 4.95. The number of hydrogen-bond acceptors (Lipinski definition) is 2. The zero-order valence-electron chi connectivity index (χ0n) is 11.3. The van der Waals surface area contributed by atoms with Gasteiger partial charge in [0.1, 0.15) is 0 Å². The molecule has 1 aliphatic heterocycles. The Labute approximate surface area is 116 Å². The zero-order chi connectivity index (χ0) is 14.3. The Morgan fingerprint density at radius 2 is 1.80 bits per heavy atom. The van der Waals surface area contributed by atoms with Crippen LogP contribution < -0.4 is 10.6 Å². The second-order valence-corrected chi connectivity index (χ2v) is 5.90. The number of halogens is 3. The third kappa shape index (κ3) is 2.39. The number of hydrogen-bond donors (Lipinski definition) is 1. The highest BCUT2D eigenvalue weighted by Crippen LogP contribution is 2.41. The first kappa shape index (κ1) is 13.7. The van der Waals surface area contributed by atoms with Gasteiger partial charge in [-0.05, 0) is 48.4 Å². The molecule has 2 fully saturated rings. The highest BCUT2D eigenvalue weighted by Gasteiger charge is 2.37. The van der Waals surface area contributed by atoms with Crippen molar-refractivity contribution >= 4 is 5.69 Å². The molecule has 1 heterocycles. The van der Waals surface area contributed by atoms with Crippen LogP contribution in [0.15, 0.2) is 18.2 Å². The van der Waals surface area contributed by atoms with E-state index in [1.807, 2.05) is 0 Å². The Hall–Kier alpha value is -1.23. The molecule has 2 unspecified atom stereocenters. The van der Waals surface area contributed by atoms with Crippen LogP contribution in [0.3, 0.4) is 0 Å². The van der Waals surface area contributed by atoms with E-state index in [-0.39, 0.29) is 6.54 Å². The first-order valence-corrected chi connectivity index (χ1v) is 7.14. The Bertz CT molecular complexity index is 486. The molecule has 0 bridgehead atoms. The zero-order valence-corrected chi connectivity index (χ0v) is 11.3. The Morgan fingerprint density at radius 1 is 1.15 bits per heavy atom. The molecule has 2 N–H and O–H groups in total. The molecule has 1 saturated heterocycles. The Kier molecular flexibility index (Phi) is 3.40. The highest BCUT2D eigenvalue weighted by atomic mass is 19.4. The van der Waals surface area contributed by atoms with Crippen LogP contribution in [0, 0.1) is 11.8 Å². The summed E-state index contributed by atoms with van der Waals surface area (Å²) in [5, 5.41) is 0. The predicted molar refractivity (Wildman–Crippen MR) is 72.4 cm³/mol. The number of benzene rings is 1. The lowest BCUT2D eigenvalue weighted by Gasteiger charge is -2.23. The molecular formula is C15H19F3N2. The summed E-state index contributed by atoms with van der Waals surface area (Å²) < 4.78 is 38.2. The number of nitrogens with zero attached hydrogens (tertiary/aromatic N) is 1. The number of anilines is 1. The normalized spacial score (nSPS) is 26.1. The smallest absolute Gasteiger partial charge is 0.371 e. The SMILES string of the molecule is NCc1cc(C(F)(F)F)ccc1N1CC2CCCC2C1. The maximum Gasteiger partial charge on any atom is 0.416 e. The van der Waals surface area contributed by atoms with Crippen molar-refractivity contribution in [2.24, 2.45) is 17.6 Å². The molecule has 20 heavy (non-hydrogen) atoms. The van der Waals surface area contributed by atoms with Gasteiger partial charge in [-0.25, -0.2) is 0 Å². The van der Waals surface area contributed by atoms with Crippen LogP contribution in [0.5, 0.6) is 0 Å². The van der Waals surface area contributed by atoms with E-state index in [1.165, 1.54) is 31.4 Å². The number of alkyl halides is 3. The monoisotopic (exact) mass is 284 g/mol. The van der Waals surface area contributed by atoms with Gasteiger partial charge in [0.25, 0.3) is 0 Å². The lowest BCUT2D eigenvalue weighted by atomic mass is 10.0. The number of nitrogens with two attached hydrogens (primary N) is 1. The quantitative estimate of drug-likeness (QED) is 0.902. The minimum Gasteiger partial charge on any atom is -0.371 e. The van der Waals surface area contributed by atoms with E-state index in [2.05, 4.69) is 4.90 Å². The molecule has 2 nitrogen and oxygen atoms in total. The van der Waals surface area contributed by atoms with Crippen LogP contribution in [0.4, 0.5) is 18.9 Å². The molecule has 0 spiro atoms. The summed E-state index contributed by atoms with van der Waals surface area (Å²) in [5.41, 5.74) is 6.52. The summed E-state index contributed by atoms with van der Waals surface area (Å²) in [4.78, 5) is 2.22. The molecule has 3 rings (SSSR count). The number of rotatable bonds is 2. The van der Waals surface area contributed by atoms with Gasteiger partial charge >= 0.3 is 6.18 Å². The Morgan fingerprint density at radius 3 is 2.35 bits per heavy atom. The summed E-state index contributed by atoms with van der Waals surface area (Å²) >= 11 is 0. The average molecular weight is 284 g/mol. The summed E-state index contributed by atoms with van der Waals surface area (Å²) in [6.07, 6.45) is -0.510. The van der Waals surface area contributed by atoms with Gasteiger partial charge in [0.15, 0.2) is 0 Å². The molecular weight excluding hydrogens is 265 g/mol. The van der Waals surface area contributed by atoms with E-state index in [0.29, 0.717) is 17.4 Å². The fourth-order valence-corrected chi connectivity index (χ4v) is 3.67. The summed E-state index contributed by atoms with van der Waals surface area (Å²) in [5.74, 6) is 1.42. The minimum absolute atomic E-state index is 0.144. The van der Waals surface area contributed by atoms with Gasteiger partial charge in [0, 0.05) is 25.3 Å². The van der Waals surface area contributed by atoms with E-state index in [0.717, 1.165) is 18.8 Å². The van der Waals surface area contributed by atoms with E-state index in [4.69, 9.17) is 5.73 Å². The number of fused-ring (bicyclic) bond motifs is 1. The third-order valence-electron chi connectivity index (χ3n) is 4.69. The summed E-state index contributed by atoms with van der Waals surface area (Å²) in [7, 11) is 0. The van der Waals surface area contributed by atoms with Gasteiger partial charge in [0.05, 0.1) is 5.56 Å². The molecule has 1 aromatic carbocycles. The average Bonchev–Trinajstić information content (AvgIpc) is 2.97. The minimum atomic E-state index is -4.30. The molecule has 0 amide bonds. The van der Waals surface area contributed by atoms with Gasteiger partial charge in [-0.15, -0.1) is 0 Å². The lowest BCUT2D eigenvalue weighted by Crippen LogP contribution is -2.23. The molecule has 1 aliphatic carbocycles. The van der Waals surface area contributed by atoms with Crippen molar-refractivity contribution in [2.75, 3.05) is 18.0 Å². The van der Waals surface area contributed by atoms with E-state index in [9.17, 15) is 13.2 Å². The fourth-order valence-electron chi connectivity index (χ4n) is 3.67. The first-order valence-electron chi connectivity index (χ1n) is 7.14. The van der Waals surface area contributed by atoms with Gasteiger partial charge < -0.3 is 10.6 Å². The maximum atomic E-state index is 12.7. The highest BCUT2D eigenvalue weighted by molar-refractivity contribution is 5.56. The van der Waals surface area contributed by atoms with E-state index in [1.54, 1.807) is 6.07 Å². The molecule has 0 aromatic heterocycles. The predicted octanol–water partition coefficient (Wildman–Crippen LogP) is 3.40. The molecule has 0 radical (unpaired) electrons. The van der Waals surface area contributed by atoms with Crippen molar-refractivity contribution in [3.63, 3.8) is 0 Å².